The van der Waals surface area contributed by atoms with Gasteiger partial charge in [0, 0.05) is 17.0 Å². The normalized spacial score (nSPS) is 25.7. The highest BCUT2D eigenvalue weighted by atomic mass is 35.5. The maximum atomic E-state index is 9.59. The van der Waals surface area contributed by atoms with Crippen molar-refractivity contribution in [2.24, 2.45) is 0 Å². The number of nitrogens with zero attached hydrogens (tertiary/aromatic N) is 3. The summed E-state index contributed by atoms with van der Waals surface area (Å²) in [6.45, 7) is 2.37. The van der Waals surface area contributed by atoms with Crippen molar-refractivity contribution in [3.05, 3.63) is 46.5 Å². The molecule has 3 rings (SSSR count). The van der Waals surface area contributed by atoms with Crippen molar-refractivity contribution in [1.29, 1.82) is 0 Å². The zero-order valence-electron chi connectivity index (χ0n) is 12.5. The topological polar surface area (TPSA) is 69.4 Å². The number of aliphatic hydroxyl groups is 1. The number of aromatic nitrogens is 3. The zero-order chi connectivity index (χ0) is 16.4. The van der Waals surface area contributed by atoms with Gasteiger partial charge >= 0.3 is 0 Å². The number of rotatable bonds is 5. The van der Waals surface area contributed by atoms with Gasteiger partial charge < -0.3 is 14.6 Å². The SMILES string of the molecule is C[C@H](O)CC1COC(Cn2cncn2)(c2ccc(Cl)cc2Cl)O1. The lowest BCUT2D eigenvalue weighted by Crippen LogP contribution is -2.34. The summed E-state index contributed by atoms with van der Waals surface area (Å²) in [6, 6.07) is 5.17. The highest BCUT2D eigenvalue weighted by Crippen LogP contribution is 2.41. The van der Waals surface area contributed by atoms with E-state index in [9.17, 15) is 5.11 Å². The smallest absolute Gasteiger partial charge is 0.217 e. The number of halogens is 2. The summed E-state index contributed by atoms with van der Waals surface area (Å²) in [5, 5.41) is 14.7. The molecule has 0 amide bonds. The average molecular weight is 358 g/mol. The minimum Gasteiger partial charge on any atom is -0.393 e. The molecular formula is C15H17Cl2N3O3. The van der Waals surface area contributed by atoms with Gasteiger partial charge in [-0.15, -0.1) is 0 Å². The van der Waals surface area contributed by atoms with E-state index in [1.165, 1.54) is 6.33 Å². The maximum Gasteiger partial charge on any atom is 0.217 e. The van der Waals surface area contributed by atoms with E-state index in [0.29, 0.717) is 35.2 Å². The first kappa shape index (κ1) is 16.7. The van der Waals surface area contributed by atoms with Gasteiger partial charge in [0.15, 0.2) is 0 Å². The van der Waals surface area contributed by atoms with Crippen LogP contribution < -0.4 is 0 Å². The number of hydrogen-bond donors (Lipinski definition) is 1. The van der Waals surface area contributed by atoms with Crippen LogP contribution in [0.5, 0.6) is 0 Å². The van der Waals surface area contributed by atoms with Crippen LogP contribution in [0.25, 0.3) is 0 Å². The molecule has 8 heteroatoms. The third-order valence-electron chi connectivity index (χ3n) is 3.64. The van der Waals surface area contributed by atoms with Gasteiger partial charge in [0.2, 0.25) is 5.79 Å². The minimum absolute atomic E-state index is 0.231. The molecule has 0 spiro atoms. The summed E-state index contributed by atoms with van der Waals surface area (Å²) < 4.78 is 13.7. The Morgan fingerprint density at radius 2 is 2.30 bits per heavy atom. The molecule has 1 aromatic heterocycles. The van der Waals surface area contributed by atoms with Crippen LogP contribution in [0.2, 0.25) is 10.0 Å². The Labute approximate surface area is 143 Å². The van der Waals surface area contributed by atoms with Crippen molar-refractivity contribution in [1.82, 2.24) is 14.8 Å². The van der Waals surface area contributed by atoms with E-state index in [1.54, 1.807) is 36.1 Å². The van der Waals surface area contributed by atoms with Crippen LogP contribution in [-0.4, -0.2) is 38.7 Å². The molecule has 23 heavy (non-hydrogen) atoms. The molecule has 2 unspecified atom stereocenters. The molecule has 1 N–H and O–H groups in total. The molecule has 6 nitrogen and oxygen atoms in total. The molecular weight excluding hydrogens is 341 g/mol. The summed E-state index contributed by atoms with van der Waals surface area (Å²) >= 11 is 12.3. The van der Waals surface area contributed by atoms with E-state index >= 15 is 0 Å². The van der Waals surface area contributed by atoms with Crippen molar-refractivity contribution in [3.63, 3.8) is 0 Å². The van der Waals surface area contributed by atoms with Crippen molar-refractivity contribution in [3.8, 4) is 0 Å². The molecule has 1 aliphatic rings. The van der Waals surface area contributed by atoms with Gasteiger partial charge in [0.25, 0.3) is 0 Å². The van der Waals surface area contributed by atoms with E-state index in [-0.39, 0.29) is 6.10 Å². The molecule has 2 heterocycles. The standard InChI is InChI=1S/C15H17Cl2N3O3/c1-10(21)4-12-6-22-15(23-12,7-20-9-18-8-19-20)13-3-2-11(16)5-14(13)17/h2-3,5,8-10,12,21H,4,6-7H2,1H3/t10-,12?,15?/m0/s1. The fourth-order valence-electron chi connectivity index (χ4n) is 2.70. The van der Waals surface area contributed by atoms with Gasteiger partial charge in [-0.2, -0.15) is 5.10 Å². The Morgan fingerprint density at radius 3 is 2.96 bits per heavy atom. The fraction of sp³-hybridized carbons (Fsp3) is 0.467. The molecule has 2 aromatic rings. The molecule has 0 aliphatic carbocycles. The third kappa shape index (κ3) is 3.67. The Morgan fingerprint density at radius 1 is 1.48 bits per heavy atom. The summed E-state index contributed by atoms with van der Waals surface area (Å²) in [7, 11) is 0. The molecule has 3 atom stereocenters. The number of benzene rings is 1. The lowest BCUT2D eigenvalue weighted by atomic mass is 10.1. The Kier molecular flexibility index (Phi) is 4.89. The van der Waals surface area contributed by atoms with Crippen molar-refractivity contribution in [2.75, 3.05) is 6.61 Å². The highest BCUT2D eigenvalue weighted by Gasteiger charge is 2.45. The molecule has 0 bridgehead atoms. The molecule has 1 fully saturated rings. The van der Waals surface area contributed by atoms with Crippen molar-refractivity contribution < 1.29 is 14.6 Å². The summed E-state index contributed by atoms with van der Waals surface area (Å²) in [5.41, 5.74) is 0.673. The lowest BCUT2D eigenvalue weighted by molar-refractivity contribution is -0.190. The van der Waals surface area contributed by atoms with Crippen molar-refractivity contribution in [2.45, 2.75) is 37.9 Å². The fourth-order valence-corrected chi connectivity index (χ4v) is 3.25. The highest BCUT2D eigenvalue weighted by molar-refractivity contribution is 6.35. The minimum atomic E-state index is -1.09. The second kappa shape index (κ2) is 6.75. The van der Waals surface area contributed by atoms with Crippen LogP contribution >= 0.6 is 23.2 Å². The van der Waals surface area contributed by atoms with E-state index in [2.05, 4.69) is 10.1 Å². The van der Waals surface area contributed by atoms with E-state index in [1.807, 2.05) is 0 Å². The third-order valence-corrected chi connectivity index (χ3v) is 4.19. The molecule has 124 valence electrons. The first-order valence-electron chi connectivity index (χ1n) is 7.26. The van der Waals surface area contributed by atoms with Crippen LogP contribution in [0.15, 0.2) is 30.9 Å². The second-order valence-electron chi connectivity index (χ2n) is 5.61. The summed E-state index contributed by atoms with van der Waals surface area (Å²) in [4.78, 5) is 3.94. The van der Waals surface area contributed by atoms with Crippen molar-refractivity contribution >= 4 is 23.2 Å². The van der Waals surface area contributed by atoms with Gasteiger partial charge in [-0.25, -0.2) is 9.67 Å². The summed E-state index contributed by atoms with van der Waals surface area (Å²) in [5.74, 6) is -1.09. The van der Waals surface area contributed by atoms with Gasteiger partial charge in [-0.05, 0) is 19.1 Å². The quantitative estimate of drug-likeness (QED) is 0.890. The molecule has 0 saturated carbocycles. The van der Waals surface area contributed by atoms with Gasteiger partial charge in [-0.3, -0.25) is 0 Å². The lowest BCUT2D eigenvalue weighted by Gasteiger charge is -2.29. The Bertz CT molecular complexity index is 666. The number of ether oxygens (including phenoxy) is 2. The first-order valence-corrected chi connectivity index (χ1v) is 8.02. The molecule has 1 saturated heterocycles. The largest absolute Gasteiger partial charge is 0.393 e. The average Bonchev–Trinajstić information content (AvgIpc) is 3.09. The van der Waals surface area contributed by atoms with Crippen LogP contribution in [0, 0.1) is 0 Å². The van der Waals surface area contributed by atoms with Crippen LogP contribution in [0.1, 0.15) is 18.9 Å². The monoisotopic (exact) mass is 357 g/mol. The van der Waals surface area contributed by atoms with Gasteiger partial charge in [-0.1, -0.05) is 29.3 Å². The maximum absolute atomic E-state index is 9.59. The van der Waals surface area contributed by atoms with Gasteiger partial charge in [0.1, 0.15) is 19.2 Å². The Balaban J connectivity index is 1.94. The van der Waals surface area contributed by atoms with E-state index in [4.69, 9.17) is 32.7 Å². The second-order valence-corrected chi connectivity index (χ2v) is 6.45. The predicted octanol–water partition coefficient (Wildman–Crippen LogP) is 2.62. The van der Waals surface area contributed by atoms with Crippen LogP contribution in [-0.2, 0) is 21.8 Å². The molecule has 1 aliphatic heterocycles. The van der Waals surface area contributed by atoms with Crippen LogP contribution in [0.3, 0.4) is 0 Å². The van der Waals surface area contributed by atoms with E-state index in [0.717, 1.165) is 0 Å². The van der Waals surface area contributed by atoms with E-state index < -0.39 is 11.9 Å². The number of aliphatic hydroxyl groups excluding tert-OH is 1. The zero-order valence-corrected chi connectivity index (χ0v) is 14.0. The first-order chi connectivity index (χ1) is 11.0. The summed E-state index contributed by atoms with van der Waals surface area (Å²) in [6.07, 6.45) is 2.79. The predicted molar refractivity (Wildman–Crippen MR) is 85.3 cm³/mol. The number of hydrogen-bond acceptors (Lipinski definition) is 5. The van der Waals surface area contributed by atoms with Gasteiger partial charge in [0.05, 0.1) is 23.8 Å². The van der Waals surface area contributed by atoms with Crippen LogP contribution in [0.4, 0.5) is 0 Å². The molecule has 0 radical (unpaired) electrons. The Hall–Kier alpha value is -1.18. The molecule has 1 aromatic carbocycles.